The fourth-order valence-electron chi connectivity index (χ4n) is 1.58. The molecule has 3 nitrogen and oxygen atoms in total. The van der Waals surface area contributed by atoms with Gasteiger partial charge in [-0.25, -0.2) is 4.79 Å². The van der Waals surface area contributed by atoms with Crippen LogP contribution in [0.15, 0.2) is 0 Å². The van der Waals surface area contributed by atoms with Crippen LogP contribution in [0.1, 0.15) is 25.7 Å². The Bertz CT molecular complexity index is 199. The molecule has 0 heterocycles. The third-order valence-electron chi connectivity index (χ3n) is 2.29. The van der Waals surface area contributed by atoms with Crippen LogP contribution in [0.2, 0.25) is 0 Å². The molecule has 0 bridgehead atoms. The van der Waals surface area contributed by atoms with Gasteiger partial charge < -0.3 is 10.4 Å². The Hall–Kier alpha value is -1.17. The highest BCUT2D eigenvalue weighted by Crippen LogP contribution is 2.23. The van der Waals surface area contributed by atoms with E-state index in [-0.39, 0.29) is 6.04 Å². The molecule has 1 aliphatic rings. The molecule has 1 fully saturated rings. The lowest BCUT2D eigenvalue weighted by atomic mass is 9.87. The van der Waals surface area contributed by atoms with Crippen LogP contribution in [0, 0.1) is 18.3 Å². The molecule has 1 aliphatic carbocycles. The molecule has 1 amide bonds. The fraction of sp³-hybridized carbons (Fsp3) is 0.667. The van der Waals surface area contributed by atoms with Crippen molar-refractivity contribution in [3.63, 3.8) is 0 Å². The van der Waals surface area contributed by atoms with Gasteiger partial charge in [-0.3, -0.25) is 0 Å². The summed E-state index contributed by atoms with van der Waals surface area (Å²) in [5, 5.41) is 10.9. The zero-order valence-electron chi connectivity index (χ0n) is 6.92. The van der Waals surface area contributed by atoms with Gasteiger partial charge in [-0.15, -0.1) is 12.3 Å². The maximum Gasteiger partial charge on any atom is 0.404 e. The van der Waals surface area contributed by atoms with Gasteiger partial charge in [0.1, 0.15) is 0 Å². The minimum Gasteiger partial charge on any atom is -0.465 e. The quantitative estimate of drug-likeness (QED) is 0.581. The number of carbonyl (C=O) groups is 1. The molecule has 0 aromatic rings. The van der Waals surface area contributed by atoms with Crippen LogP contribution in [0.5, 0.6) is 0 Å². The second-order valence-electron chi connectivity index (χ2n) is 3.16. The maximum atomic E-state index is 10.3. The smallest absolute Gasteiger partial charge is 0.404 e. The number of hydrogen-bond acceptors (Lipinski definition) is 1. The van der Waals surface area contributed by atoms with Crippen molar-refractivity contribution in [1.82, 2.24) is 5.32 Å². The van der Waals surface area contributed by atoms with E-state index >= 15 is 0 Å². The van der Waals surface area contributed by atoms with Crippen LogP contribution < -0.4 is 5.32 Å². The minimum atomic E-state index is -0.931. The molecular weight excluding hydrogens is 154 g/mol. The molecule has 0 atom stereocenters. The topological polar surface area (TPSA) is 49.3 Å². The number of hydrogen-bond donors (Lipinski definition) is 2. The second-order valence-corrected chi connectivity index (χ2v) is 3.16. The van der Waals surface area contributed by atoms with Crippen molar-refractivity contribution in [3.8, 4) is 12.3 Å². The molecule has 2 N–H and O–H groups in total. The van der Waals surface area contributed by atoms with E-state index in [0.29, 0.717) is 5.92 Å². The summed E-state index contributed by atoms with van der Waals surface area (Å²) in [4.78, 5) is 10.3. The molecule has 1 saturated carbocycles. The zero-order valence-corrected chi connectivity index (χ0v) is 6.92. The number of amides is 1. The van der Waals surface area contributed by atoms with E-state index in [2.05, 4.69) is 11.2 Å². The lowest BCUT2D eigenvalue weighted by molar-refractivity contribution is 0.184. The third kappa shape index (κ3) is 2.46. The van der Waals surface area contributed by atoms with Gasteiger partial charge >= 0.3 is 6.09 Å². The molecule has 0 spiro atoms. The van der Waals surface area contributed by atoms with E-state index in [4.69, 9.17) is 11.5 Å². The van der Waals surface area contributed by atoms with Crippen LogP contribution in [0.25, 0.3) is 0 Å². The maximum absolute atomic E-state index is 10.3. The Morgan fingerprint density at radius 2 is 2.00 bits per heavy atom. The van der Waals surface area contributed by atoms with Gasteiger partial charge in [0.2, 0.25) is 0 Å². The Kier molecular flexibility index (Phi) is 2.98. The minimum absolute atomic E-state index is 0.118. The first-order chi connectivity index (χ1) is 5.72. The summed E-state index contributed by atoms with van der Waals surface area (Å²) in [7, 11) is 0. The molecule has 66 valence electrons. The summed E-state index contributed by atoms with van der Waals surface area (Å²) in [6.07, 6.45) is 7.98. The van der Waals surface area contributed by atoms with Crippen molar-refractivity contribution < 1.29 is 9.90 Å². The van der Waals surface area contributed by atoms with E-state index < -0.39 is 6.09 Å². The monoisotopic (exact) mass is 167 g/mol. The first kappa shape index (κ1) is 8.92. The molecular formula is C9H13NO2. The van der Waals surface area contributed by atoms with Crippen LogP contribution in [-0.2, 0) is 0 Å². The lowest BCUT2D eigenvalue weighted by Gasteiger charge is -2.25. The van der Waals surface area contributed by atoms with Gasteiger partial charge in [0.15, 0.2) is 0 Å². The Balaban J connectivity index is 2.27. The molecule has 3 heteroatoms. The molecule has 0 saturated heterocycles. The van der Waals surface area contributed by atoms with Crippen molar-refractivity contribution in [1.29, 1.82) is 0 Å². The predicted octanol–water partition coefficient (Wildman–Crippen LogP) is 1.45. The molecule has 12 heavy (non-hydrogen) atoms. The van der Waals surface area contributed by atoms with Gasteiger partial charge in [0, 0.05) is 12.0 Å². The molecule has 0 unspecified atom stereocenters. The third-order valence-corrected chi connectivity index (χ3v) is 2.29. The summed E-state index contributed by atoms with van der Waals surface area (Å²) < 4.78 is 0. The molecule has 0 aromatic heterocycles. The highest BCUT2D eigenvalue weighted by Gasteiger charge is 2.20. The standard InChI is InChI=1S/C9H13NO2/c1-2-7-3-5-8(6-4-7)10-9(11)12/h1,7-8,10H,3-6H2,(H,11,12). The lowest BCUT2D eigenvalue weighted by Crippen LogP contribution is -2.36. The van der Waals surface area contributed by atoms with Crippen LogP contribution in [0.4, 0.5) is 4.79 Å². The summed E-state index contributed by atoms with van der Waals surface area (Å²) in [5.74, 6) is 3.06. The summed E-state index contributed by atoms with van der Waals surface area (Å²) in [6.45, 7) is 0. The Morgan fingerprint density at radius 3 is 2.42 bits per heavy atom. The van der Waals surface area contributed by atoms with Crippen molar-refractivity contribution in [3.05, 3.63) is 0 Å². The van der Waals surface area contributed by atoms with Crippen LogP contribution >= 0.6 is 0 Å². The largest absolute Gasteiger partial charge is 0.465 e. The van der Waals surface area contributed by atoms with Crippen LogP contribution in [-0.4, -0.2) is 17.2 Å². The van der Waals surface area contributed by atoms with Gasteiger partial charge in [0.05, 0.1) is 0 Å². The SMILES string of the molecule is C#CC1CCC(NC(=O)O)CC1. The second kappa shape index (κ2) is 4.01. The first-order valence-corrected chi connectivity index (χ1v) is 4.18. The van der Waals surface area contributed by atoms with E-state index in [1.165, 1.54) is 0 Å². The van der Waals surface area contributed by atoms with Gasteiger partial charge in [-0.05, 0) is 25.7 Å². The van der Waals surface area contributed by atoms with E-state index in [0.717, 1.165) is 25.7 Å². The molecule has 0 radical (unpaired) electrons. The van der Waals surface area contributed by atoms with Gasteiger partial charge in [0.25, 0.3) is 0 Å². The van der Waals surface area contributed by atoms with Crippen LogP contribution in [0.3, 0.4) is 0 Å². The fourth-order valence-corrected chi connectivity index (χ4v) is 1.58. The average Bonchev–Trinajstić information content (AvgIpc) is 2.05. The normalized spacial score (nSPS) is 28.9. The molecule has 0 aromatic carbocycles. The van der Waals surface area contributed by atoms with Crippen molar-refractivity contribution in [2.24, 2.45) is 5.92 Å². The zero-order chi connectivity index (χ0) is 8.97. The van der Waals surface area contributed by atoms with Gasteiger partial charge in [-0.1, -0.05) is 0 Å². The molecule has 1 rings (SSSR count). The van der Waals surface area contributed by atoms with Crippen molar-refractivity contribution >= 4 is 6.09 Å². The van der Waals surface area contributed by atoms with Gasteiger partial charge in [-0.2, -0.15) is 0 Å². The highest BCUT2D eigenvalue weighted by molar-refractivity contribution is 5.64. The van der Waals surface area contributed by atoms with E-state index in [9.17, 15) is 4.79 Å². The first-order valence-electron chi connectivity index (χ1n) is 4.18. The summed E-state index contributed by atoms with van der Waals surface area (Å²) in [6, 6.07) is 0.118. The number of carboxylic acid groups (broad SMARTS) is 1. The number of nitrogens with one attached hydrogen (secondary N) is 1. The van der Waals surface area contributed by atoms with E-state index in [1.54, 1.807) is 0 Å². The average molecular weight is 167 g/mol. The van der Waals surface area contributed by atoms with Crippen molar-refractivity contribution in [2.45, 2.75) is 31.7 Å². The molecule has 0 aliphatic heterocycles. The van der Waals surface area contributed by atoms with E-state index in [1.807, 2.05) is 0 Å². The summed E-state index contributed by atoms with van der Waals surface area (Å²) >= 11 is 0. The predicted molar refractivity (Wildman–Crippen MR) is 45.7 cm³/mol. The Labute approximate surface area is 72.2 Å². The number of terminal acetylenes is 1. The highest BCUT2D eigenvalue weighted by atomic mass is 16.4. The summed E-state index contributed by atoms with van der Waals surface area (Å²) in [5.41, 5.74) is 0. The Morgan fingerprint density at radius 1 is 1.42 bits per heavy atom. The van der Waals surface area contributed by atoms with Crippen molar-refractivity contribution in [2.75, 3.05) is 0 Å². The number of rotatable bonds is 1.